The first-order valence-corrected chi connectivity index (χ1v) is 7.58. The van der Waals surface area contributed by atoms with Gasteiger partial charge in [0.05, 0.1) is 10.6 Å². The molecule has 104 valence electrons. The number of amides is 1. The summed E-state index contributed by atoms with van der Waals surface area (Å²) in [5, 5.41) is 12.1. The van der Waals surface area contributed by atoms with E-state index in [1.165, 1.54) is 23.9 Å². The van der Waals surface area contributed by atoms with Crippen LogP contribution in [-0.4, -0.2) is 35.0 Å². The fourth-order valence-corrected chi connectivity index (χ4v) is 2.25. The molecule has 0 aliphatic rings. The summed E-state index contributed by atoms with van der Waals surface area (Å²) >= 11 is 13.2. The van der Waals surface area contributed by atoms with Crippen molar-refractivity contribution in [2.75, 3.05) is 12.0 Å². The molecule has 0 radical (unpaired) electrons. The van der Waals surface area contributed by atoms with Crippen LogP contribution in [0.4, 0.5) is 0 Å². The minimum atomic E-state index is -1.07. The predicted molar refractivity (Wildman–Crippen MR) is 78.4 cm³/mol. The Balaban J connectivity index is 2.81. The van der Waals surface area contributed by atoms with Gasteiger partial charge in [0.15, 0.2) is 0 Å². The summed E-state index contributed by atoms with van der Waals surface area (Å²) in [5.41, 5.74) is 0.171. The number of carboxylic acids is 1. The summed E-state index contributed by atoms with van der Waals surface area (Å²) in [4.78, 5) is 23.0. The Kier molecular flexibility index (Phi) is 6.48. The van der Waals surface area contributed by atoms with Gasteiger partial charge in [-0.3, -0.25) is 4.79 Å². The Morgan fingerprint density at radius 3 is 2.68 bits per heavy atom. The zero-order valence-corrected chi connectivity index (χ0v) is 12.5. The Morgan fingerprint density at radius 1 is 1.42 bits per heavy atom. The molecule has 0 bridgehead atoms. The van der Waals surface area contributed by atoms with E-state index in [-0.39, 0.29) is 10.6 Å². The van der Waals surface area contributed by atoms with Crippen LogP contribution in [0, 0.1) is 0 Å². The molecule has 1 rings (SSSR count). The van der Waals surface area contributed by atoms with Gasteiger partial charge in [-0.25, -0.2) is 4.79 Å². The normalized spacial score (nSPS) is 11.9. The molecule has 0 aliphatic carbocycles. The summed E-state index contributed by atoms with van der Waals surface area (Å²) in [7, 11) is 0. The van der Waals surface area contributed by atoms with Crippen LogP contribution in [0.2, 0.25) is 10.0 Å². The maximum Gasteiger partial charge on any atom is 0.326 e. The van der Waals surface area contributed by atoms with Crippen molar-refractivity contribution in [2.24, 2.45) is 0 Å². The summed E-state index contributed by atoms with van der Waals surface area (Å²) in [6.07, 6.45) is 2.22. The van der Waals surface area contributed by atoms with Crippen LogP contribution in [0.5, 0.6) is 0 Å². The van der Waals surface area contributed by atoms with Crippen molar-refractivity contribution < 1.29 is 14.7 Å². The van der Waals surface area contributed by atoms with Crippen LogP contribution in [-0.2, 0) is 4.79 Å². The molecular weight excluding hydrogens is 309 g/mol. The number of rotatable bonds is 6. The Morgan fingerprint density at radius 2 is 2.11 bits per heavy atom. The average Bonchev–Trinajstić information content (AvgIpc) is 2.36. The van der Waals surface area contributed by atoms with Gasteiger partial charge in [-0.1, -0.05) is 23.2 Å². The highest BCUT2D eigenvalue weighted by Crippen LogP contribution is 2.20. The van der Waals surface area contributed by atoms with E-state index >= 15 is 0 Å². The van der Waals surface area contributed by atoms with E-state index in [0.29, 0.717) is 17.2 Å². The van der Waals surface area contributed by atoms with Crippen molar-refractivity contribution in [1.29, 1.82) is 0 Å². The number of benzene rings is 1. The molecule has 0 aromatic heterocycles. The second kappa shape index (κ2) is 7.62. The molecule has 0 saturated heterocycles. The molecular formula is C12H13Cl2NO3S. The molecule has 0 unspecified atom stereocenters. The second-order valence-corrected chi connectivity index (χ2v) is 5.60. The summed E-state index contributed by atoms with van der Waals surface area (Å²) < 4.78 is 0. The highest BCUT2D eigenvalue weighted by atomic mass is 35.5. The first kappa shape index (κ1) is 16.1. The van der Waals surface area contributed by atoms with Gasteiger partial charge in [0.2, 0.25) is 0 Å². The van der Waals surface area contributed by atoms with Crippen LogP contribution in [0.1, 0.15) is 16.8 Å². The number of thioether (sulfide) groups is 1. The van der Waals surface area contributed by atoms with Crippen molar-refractivity contribution in [3.8, 4) is 0 Å². The summed E-state index contributed by atoms with van der Waals surface area (Å²) in [6.45, 7) is 0. The molecule has 0 saturated carbocycles. The molecule has 0 fully saturated rings. The fraction of sp³-hybridized carbons (Fsp3) is 0.333. The third-order valence-corrected chi connectivity index (χ3v) is 3.60. The summed E-state index contributed by atoms with van der Waals surface area (Å²) in [6, 6.07) is 3.53. The zero-order chi connectivity index (χ0) is 14.4. The third kappa shape index (κ3) is 4.93. The molecule has 1 aromatic rings. The summed E-state index contributed by atoms with van der Waals surface area (Å²) in [5.74, 6) is -0.970. The number of halogens is 2. The maximum absolute atomic E-state index is 12.0. The minimum absolute atomic E-state index is 0.171. The largest absolute Gasteiger partial charge is 0.480 e. The molecule has 0 heterocycles. The van der Waals surface area contributed by atoms with Crippen molar-refractivity contribution >= 4 is 46.8 Å². The SMILES string of the molecule is CSCC[C@@H](NC(=O)c1cc(Cl)ccc1Cl)C(=O)O. The van der Waals surface area contributed by atoms with Crippen LogP contribution in [0.3, 0.4) is 0 Å². The quantitative estimate of drug-likeness (QED) is 0.845. The number of carboxylic acid groups (broad SMARTS) is 1. The van der Waals surface area contributed by atoms with Crippen molar-refractivity contribution in [3.05, 3.63) is 33.8 Å². The van der Waals surface area contributed by atoms with Gasteiger partial charge in [-0.05, 0) is 36.6 Å². The second-order valence-electron chi connectivity index (χ2n) is 3.77. The predicted octanol–water partition coefficient (Wildman–Crippen LogP) is 2.93. The number of aliphatic carboxylic acids is 1. The third-order valence-electron chi connectivity index (χ3n) is 2.39. The van der Waals surface area contributed by atoms with Gasteiger partial charge in [0.25, 0.3) is 5.91 Å². The van der Waals surface area contributed by atoms with Crippen molar-refractivity contribution in [2.45, 2.75) is 12.5 Å². The van der Waals surface area contributed by atoms with Gasteiger partial charge in [0, 0.05) is 5.02 Å². The lowest BCUT2D eigenvalue weighted by atomic mass is 10.1. The molecule has 0 spiro atoms. The number of carbonyl (C=O) groups is 2. The molecule has 4 nitrogen and oxygen atoms in total. The fourth-order valence-electron chi connectivity index (χ4n) is 1.40. The molecule has 19 heavy (non-hydrogen) atoms. The monoisotopic (exact) mass is 321 g/mol. The highest BCUT2D eigenvalue weighted by molar-refractivity contribution is 7.98. The van der Waals surface area contributed by atoms with Crippen molar-refractivity contribution in [1.82, 2.24) is 5.32 Å². The highest BCUT2D eigenvalue weighted by Gasteiger charge is 2.21. The topological polar surface area (TPSA) is 66.4 Å². The van der Waals surface area contributed by atoms with E-state index in [0.717, 1.165) is 0 Å². The van der Waals surface area contributed by atoms with E-state index in [4.69, 9.17) is 28.3 Å². The molecule has 1 amide bonds. The Bertz CT molecular complexity index is 482. The molecule has 2 N–H and O–H groups in total. The standard InChI is InChI=1S/C12H13Cl2NO3S/c1-19-5-4-10(12(17)18)15-11(16)8-6-7(13)2-3-9(8)14/h2-3,6,10H,4-5H2,1H3,(H,15,16)(H,17,18)/t10-/m1/s1. The molecule has 0 aliphatic heterocycles. The van der Waals surface area contributed by atoms with E-state index in [2.05, 4.69) is 5.32 Å². The zero-order valence-electron chi connectivity index (χ0n) is 10.2. The first-order chi connectivity index (χ1) is 8.95. The van der Waals surface area contributed by atoms with E-state index in [1.807, 2.05) is 6.26 Å². The van der Waals surface area contributed by atoms with Crippen LogP contribution >= 0.6 is 35.0 Å². The number of hydrogen-bond acceptors (Lipinski definition) is 3. The molecule has 1 aromatic carbocycles. The number of carbonyl (C=O) groups excluding carboxylic acids is 1. The van der Waals surface area contributed by atoms with Crippen molar-refractivity contribution in [3.63, 3.8) is 0 Å². The van der Waals surface area contributed by atoms with Gasteiger partial charge in [0.1, 0.15) is 6.04 Å². The lowest BCUT2D eigenvalue weighted by molar-refractivity contribution is -0.139. The van der Waals surface area contributed by atoms with Crippen LogP contribution in [0.15, 0.2) is 18.2 Å². The van der Waals surface area contributed by atoms with Gasteiger partial charge in [-0.15, -0.1) is 0 Å². The number of hydrogen-bond donors (Lipinski definition) is 2. The lowest BCUT2D eigenvalue weighted by Crippen LogP contribution is -2.41. The van der Waals surface area contributed by atoms with Gasteiger partial charge >= 0.3 is 5.97 Å². The molecule has 7 heteroatoms. The lowest BCUT2D eigenvalue weighted by Gasteiger charge is -2.14. The van der Waals surface area contributed by atoms with Crippen LogP contribution in [0.25, 0.3) is 0 Å². The van der Waals surface area contributed by atoms with E-state index in [1.54, 1.807) is 6.07 Å². The van der Waals surface area contributed by atoms with Gasteiger partial charge in [-0.2, -0.15) is 11.8 Å². The Hall–Kier alpha value is -0.910. The van der Waals surface area contributed by atoms with E-state index in [9.17, 15) is 9.59 Å². The maximum atomic E-state index is 12.0. The average molecular weight is 322 g/mol. The van der Waals surface area contributed by atoms with Crippen LogP contribution < -0.4 is 5.32 Å². The van der Waals surface area contributed by atoms with Gasteiger partial charge < -0.3 is 10.4 Å². The smallest absolute Gasteiger partial charge is 0.326 e. The minimum Gasteiger partial charge on any atom is -0.480 e. The first-order valence-electron chi connectivity index (χ1n) is 5.43. The van der Waals surface area contributed by atoms with E-state index < -0.39 is 17.9 Å². The Labute approximate surface area is 125 Å². The number of nitrogens with one attached hydrogen (secondary N) is 1. The molecule has 1 atom stereocenters.